The fourth-order valence-corrected chi connectivity index (χ4v) is 4.36. The lowest BCUT2D eigenvalue weighted by atomic mass is 10.1. The second-order valence-electron chi connectivity index (χ2n) is 7.73. The van der Waals surface area contributed by atoms with Crippen molar-refractivity contribution < 1.29 is 5.11 Å². The summed E-state index contributed by atoms with van der Waals surface area (Å²) in [6.45, 7) is 5.57. The number of rotatable bonds is 4. The number of hydrogen-bond acceptors (Lipinski definition) is 6. The Balaban J connectivity index is 1.80. The second-order valence-corrected chi connectivity index (χ2v) is 9.02. The molecule has 0 radical (unpaired) electrons. The molecule has 2 heterocycles. The van der Waals surface area contributed by atoms with Crippen molar-refractivity contribution in [1.82, 2.24) is 14.5 Å². The number of thiazole rings is 1. The molecule has 0 saturated heterocycles. The fraction of sp³-hybridized carbons (Fsp3) is 0.227. The van der Waals surface area contributed by atoms with Crippen LogP contribution in [0.25, 0.3) is 21.5 Å². The Bertz CT molecular complexity index is 1300. The number of nitrogens with zero attached hydrogens (tertiary/aromatic N) is 3. The predicted molar refractivity (Wildman–Crippen MR) is 122 cm³/mol. The summed E-state index contributed by atoms with van der Waals surface area (Å²) >= 11 is 7.35. The lowest BCUT2D eigenvalue weighted by molar-refractivity contribution is 0.0746. The number of benzene rings is 2. The number of halogens is 1. The molecule has 0 aliphatic heterocycles. The van der Waals surface area contributed by atoms with E-state index < -0.39 is 5.60 Å². The Morgan fingerprint density at radius 1 is 1.20 bits per heavy atom. The van der Waals surface area contributed by atoms with Crippen LogP contribution >= 0.6 is 22.9 Å². The first kappa shape index (κ1) is 20.5. The van der Waals surface area contributed by atoms with Gasteiger partial charge in [0, 0.05) is 21.7 Å². The Kier molecular flexibility index (Phi) is 5.13. The van der Waals surface area contributed by atoms with Gasteiger partial charge in [-0.15, -0.1) is 11.3 Å². The predicted octanol–water partition coefficient (Wildman–Crippen LogP) is 4.34. The van der Waals surface area contributed by atoms with Crippen molar-refractivity contribution in [2.24, 2.45) is 0 Å². The first-order chi connectivity index (χ1) is 14.1. The van der Waals surface area contributed by atoms with Crippen molar-refractivity contribution in [2.75, 3.05) is 5.73 Å². The molecule has 0 atom stereocenters. The van der Waals surface area contributed by atoms with E-state index in [1.54, 1.807) is 42.7 Å². The molecule has 30 heavy (non-hydrogen) atoms. The van der Waals surface area contributed by atoms with Gasteiger partial charge >= 0.3 is 0 Å². The van der Waals surface area contributed by atoms with E-state index >= 15 is 0 Å². The monoisotopic (exact) mass is 440 g/mol. The maximum absolute atomic E-state index is 13.2. The average molecular weight is 441 g/mol. The van der Waals surface area contributed by atoms with Crippen LogP contribution in [0.2, 0.25) is 5.02 Å². The molecule has 0 amide bonds. The van der Waals surface area contributed by atoms with Gasteiger partial charge in [-0.25, -0.2) is 9.97 Å². The van der Waals surface area contributed by atoms with Crippen molar-refractivity contribution in [3.63, 3.8) is 0 Å². The van der Waals surface area contributed by atoms with Gasteiger partial charge < -0.3 is 10.8 Å². The quantitative estimate of drug-likeness (QED) is 0.460. The maximum Gasteiger partial charge on any atom is 0.261 e. The summed E-state index contributed by atoms with van der Waals surface area (Å²) in [7, 11) is 0. The molecule has 0 saturated carbocycles. The van der Waals surface area contributed by atoms with E-state index in [4.69, 9.17) is 17.3 Å². The molecule has 0 aliphatic rings. The minimum absolute atomic E-state index is 0.151. The zero-order valence-electron chi connectivity index (χ0n) is 16.8. The van der Waals surface area contributed by atoms with E-state index in [0.29, 0.717) is 50.2 Å². The van der Waals surface area contributed by atoms with Gasteiger partial charge in [-0.3, -0.25) is 9.36 Å². The van der Waals surface area contributed by atoms with Crippen LogP contribution in [0.1, 0.15) is 30.9 Å². The third-order valence-corrected chi connectivity index (χ3v) is 6.06. The Morgan fingerprint density at radius 3 is 2.53 bits per heavy atom. The number of nitrogen functional groups attached to an aromatic ring is 1. The molecular formula is C22H21ClN4O2S. The standard InChI is InChI=1S/C22H21ClN4O2S/c1-12-25-18-9-15(20-26-19(11-30-20)22(2,3)29)17(24)8-16(18)21(28)27(12)10-13-4-6-14(23)7-5-13/h4-9,11,29H,10,24H2,1-3H3. The van der Waals surface area contributed by atoms with Gasteiger partial charge in [0.1, 0.15) is 16.4 Å². The van der Waals surface area contributed by atoms with Gasteiger partial charge in [0.15, 0.2) is 0 Å². The molecule has 4 aromatic rings. The molecule has 2 aromatic heterocycles. The molecule has 154 valence electrons. The Labute approximate surface area is 182 Å². The van der Waals surface area contributed by atoms with Crippen molar-refractivity contribution >= 4 is 39.5 Å². The number of nitrogens with two attached hydrogens (primary N) is 1. The number of hydrogen-bond donors (Lipinski definition) is 2. The Morgan fingerprint density at radius 2 is 1.90 bits per heavy atom. The van der Waals surface area contributed by atoms with E-state index in [9.17, 15) is 9.90 Å². The molecule has 0 aliphatic carbocycles. The molecule has 3 N–H and O–H groups in total. The van der Waals surface area contributed by atoms with Gasteiger partial charge in [0.05, 0.1) is 23.1 Å². The summed E-state index contributed by atoms with van der Waals surface area (Å²) in [5.74, 6) is 0.606. The lowest BCUT2D eigenvalue weighted by Crippen LogP contribution is -2.24. The van der Waals surface area contributed by atoms with Gasteiger partial charge in [-0.05, 0) is 50.6 Å². The minimum Gasteiger partial charge on any atom is -0.398 e. The van der Waals surface area contributed by atoms with Crippen LogP contribution < -0.4 is 11.3 Å². The van der Waals surface area contributed by atoms with E-state index in [0.717, 1.165) is 5.56 Å². The molecule has 0 fully saturated rings. The normalized spacial score (nSPS) is 11.9. The van der Waals surface area contributed by atoms with Gasteiger partial charge in [-0.1, -0.05) is 23.7 Å². The topological polar surface area (TPSA) is 94.0 Å². The maximum atomic E-state index is 13.2. The third-order valence-electron chi connectivity index (χ3n) is 4.93. The Hall–Kier alpha value is -2.74. The number of fused-ring (bicyclic) bond motifs is 1. The smallest absolute Gasteiger partial charge is 0.261 e. The number of anilines is 1. The summed E-state index contributed by atoms with van der Waals surface area (Å²) in [4.78, 5) is 22.3. The van der Waals surface area contributed by atoms with E-state index in [2.05, 4.69) is 9.97 Å². The van der Waals surface area contributed by atoms with E-state index in [-0.39, 0.29) is 5.56 Å². The molecule has 0 spiro atoms. The van der Waals surface area contributed by atoms with Crippen molar-refractivity contribution in [2.45, 2.75) is 32.9 Å². The summed E-state index contributed by atoms with van der Waals surface area (Å²) in [6, 6.07) is 10.8. The largest absolute Gasteiger partial charge is 0.398 e. The lowest BCUT2D eigenvalue weighted by Gasteiger charge is -2.14. The van der Waals surface area contributed by atoms with E-state index in [1.165, 1.54) is 11.3 Å². The summed E-state index contributed by atoms with van der Waals surface area (Å²) in [5.41, 5.74) is 8.33. The van der Waals surface area contributed by atoms with Crippen molar-refractivity contribution in [1.29, 1.82) is 0 Å². The highest BCUT2D eigenvalue weighted by Crippen LogP contribution is 2.33. The first-order valence-corrected chi connectivity index (χ1v) is 10.6. The van der Waals surface area contributed by atoms with Crippen LogP contribution in [0.15, 0.2) is 46.6 Å². The molecule has 4 rings (SSSR count). The van der Waals surface area contributed by atoms with Gasteiger partial charge in [0.2, 0.25) is 0 Å². The third kappa shape index (κ3) is 3.84. The fourth-order valence-electron chi connectivity index (χ4n) is 3.22. The highest BCUT2D eigenvalue weighted by atomic mass is 35.5. The zero-order chi connectivity index (χ0) is 21.6. The number of aryl methyl sites for hydroxylation is 1. The van der Waals surface area contributed by atoms with Gasteiger partial charge in [-0.2, -0.15) is 0 Å². The van der Waals surface area contributed by atoms with Gasteiger partial charge in [0.25, 0.3) is 5.56 Å². The minimum atomic E-state index is -1.04. The zero-order valence-corrected chi connectivity index (χ0v) is 18.4. The average Bonchev–Trinajstić information content (AvgIpc) is 3.17. The summed E-state index contributed by atoms with van der Waals surface area (Å²) in [5, 5.41) is 13.8. The van der Waals surface area contributed by atoms with Crippen molar-refractivity contribution in [3.8, 4) is 10.6 Å². The molecule has 6 nitrogen and oxygen atoms in total. The first-order valence-electron chi connectivity index (χ1n) is 9.37. The second kappa shape index (κ2) is 7.50. The van der Waals surface area contributed by atoms with Crippen molar-refractivity contribution in [3.05, 3.63) is 74.2 Å². The molecule has 2 aromatic carbocycles. The van der Waals surface area contributed by atoms with Crippen LogP contribution in [0.5, 0.6) is 0 Å². The van der Waals surface area contributed by atoms with Crippen LogP contribution in [-0.4, -0.2) is 19.6 Å². The molecule has 0 bridgehead atoms. The van der Waals surface area contributed by atoms with Crippen LogP contribution in [0.4, 0.5) is 5.69 Å². The highest BCUT2D eigenvalue weighted by Gasteiger charge is 2.21. The SMILES string of the molecule is Cc1nc2cc(-c3nc(C(C)(C)O)cs3)c(N)cc2c(=O)n1Cc1ccc(Cl)cc1. The summed E-state index contributed by atoms with van der Waals surface area (Å²) in [6.07, 6.45) is 0. The van der Waals surface area contributed by atoms with E-state index in [1.807, 2.05) is 24.4 Å². The van der Waals surface area contributed by atoms with Crippen LogP contribution in [-0.2, 0) is 12.1 Å². The van der Waals surface area contributed by atoms with Crippen LogP contribution in [0.3, 0.4) is 0 Å². The summed E-state index contributed by atoms with van der Waals surface area (Å²) < 4.78 is 1.63. The molecule has 0 unspecified atom stereocenters. The molecular weight excluding hydrogens is 420 g/mol. The highest BCUT2D eigenvalue weighted by molar-refractivity contribution is 7.13. The molecule has 8 heteroatoms. The number of aliphatic hydroxyl groups is 1. The van der Waals surface area contributed by atoms with Crippen LogP contribution in [0, 0.1) is 6.92 Å². The number of aromatic nitrogens is 3.